The maximum Gasteiger partial charge on any atom is 0.254 e. The van der Waals surface area contributed by atoms with Crippen LogP contribution in [0.2, 0.25) is 0 Å². The fraction of sp³-hybridized carbons (Fsp3) is 0.278. The van der Waals surface area contributed by atoms with E-state index in [1.165, 1.54) is 11.1 Å². The first kappa shape index (κ1) is 14.4. The fourth-order valence-electron chi connectivity index (χ4n) is 3.10. The van der Waals surface area contributed by atoms with E-state index in [-0.39, 0.29) is 17.6 Å². The maximum atomic E-state index is 12.5. The third-order valence-electron chi connectivity index (χ3n) is 4.25. The van der Waals surface area contributed by atoms with Crippen LogP contribution in [0.5, 0.6) is 0 Å². The van der Waals surface area contributed by atoms with Gasteiger partial charge in [0.2, 0.25) is 0 Å². The van der Waals surface area contributed by atoms with Crippen LogP contribution in [0.25, 0.3) is 0 Å². The van der Waals surface area contributed by atoms with Gasteiger partial charge in [-0.3, -0.25) is 4.79 Å². The average Bonchev–Trinajstić information content (AvgIpc) is 2.55. The molecular weight excluding hydrogens is 276 g/mol. The number of fused-ring (bicyclic) bond motifs is 1. The minimum atomic E-state index is -0.236. The Balaban J connectivity index is 1.87. The highest BCUT2D eigenvalue weighted by molar-refractivity contribution is 5.99. The lowest BCUT2D eigenvalue weighted by molar-refractivity contribution is 0.0933. The van der Waals surface area contributed by atoms with Gasteiger partial charge in [-0.1, -0.05) is 36.4 Å². The third-order valence-corrected chi connectivity index (χ3v) is 4.25. The lowest BCUT2D eigenvalue weighted by atomic mass is 9.87. The molecule has 1 aliphatic carbocycles. The number of aryl methyl sites for hydroxylation is 2. The lowest BCUT2D eigenvalue weighted by Gasteiger charge is -2.26. The molecule has 0 aliphatic heterocycles. The zero-order valence-corrected chi connectivity index (χ0v) is 12.5. The van der Waals surface area contributed by atoms with Gasteiger partial charge in [0.15, 0.2) is 0 Å². The lowest BCUT2D eigenvalue weighted by Crippen LogP contribution is -2.31. The number of nitrogens with zero attached hydrogens (tertiary/aromatic N) is 1. The maximum absolute atomic E-state index is 12.5. The first-order valence-corrected chi connectivity index (χ1v) is 7.52. The molecule has 0 bridgehead atoms. The van der Waals surface area contributed by atoms with Crippen LogP contribution in [0, 0.1) is 11.8 Å². The van der Waals surface area contributed by atoms with Crippen molar-refractivity contribution in [3.63, 3.8) is 0 Å². The van der Waals surface area contributed by atoms with Crippen LogP contribution < -0.4 is 5.32 Å². The Hall–Kier alpha value is -2.49. The number of carbonyl (C=O) groups excluding carboxylic acids is 1. The second-order valence-electron chi connectivity index (χ2n) is 5.68. The quantitative estimate of drug-likeness (QED) is 0.862. The zero-order valence-electron chi connectivity index (χ0n) is 12.5. The molecule has 0 saturated carbocycles. The summed E-state index contributed by atoms with van der Waals surface area (Å²) >= 11 is 0. The highest BCUT2D eigenvalue weighted by Gasteiger charge is 2.23. The Kier molecular flexibility index (Phi) is 4.00. The summed E-state index contributed by atoms with van der Waals surface area (Å²) in [4.78, 5) is 23.6. The summed E-state index contributed by atoms with van der Waals surface area (Å²) in [5.41, 5.74) is 3.75. The molecule has 0 fully saturated rings. The molecule has 22 heavy (non-hydrogen) atoms. The Bertz CT molecular complexity index is 725. The summed E-state index contributed by atoms with van der Waals surface area (Å²) in [7, 11) is 0. The highest BCUT2D eigenvalue weighted by atomic mass is 16.3. The molecule has 0 aromatic heterocycles. The number of amides is 1. The summed E-state index contributed by atoms with van der Waals surface area (Å²) in [6, 6.07) is 13.4. The van der Waals surface area contributed by atoms with Crippen molar-refractivity contribution in [3.8, 4) is 0 Å². The molecule has 2 aromatic carbocycles. The van der Waals surface area contributed by atoms with Crippen LogP contribution >= 0.6 is 0 Å². The molecule has 0 heterocycles. The molecule has 4 heteroatoms. The number of benzene rings is 2. The SMILES string of the molecule is Cc1cccc(C(=O)NC2CCCc3ccccc32)c1N=O. The summed E-state index contributed by atoms with van der Waals surface area (Å²) in [6.07, 6.45) is 3.01. The van der Waals surface area contributed by atoms with Crippen molar-refractivity contribution in [1.82, 2.24) is 5.32 Å². The highest BCUT2D eigenvalue weighted by Crippen LogP contribution is 2.30. The second-order valence-corrected chi connectivity index (χ2v) is 5.68. The molecular formula is C18H18N2O2. The van der Waals surface area contributed by atoms with Crippen molar-refractivity contribution in [2.24, 2.45) is 5.18 Å². The van der Waals surface area contributed by atoms with Gasteiger partial charge in [-0.15, -0.1) is 4.91 Å². The van der Waals surface area contributed by atoms with Gasteiger partial charge in [0.1, 0.15) is 5.69 Å². The number of rotatable bonds is 3. The first-order chi connectivity index (χ1) is 10.7. The minimum absolute atomic E-state index is 0.00235. The van der Waals surface area contributed by atoms with Gasteiger partial charge in [0.05, 0.1) is 11.6 Å². The standard InChI is InChI=1S/C18H18N2O2/c1-12-6-4-10-15(17(12)20-22)18(21)19-16-11-5-8-13-7-2-3-9-14(13)16/h2-4,6-7,9-10,16H,5,8,11H2,1H3,(H,19,21). The van der Waals surface area contributed by atoms with E-state index in [2.05, 4.69) is 22.6 Å². The van der Waals surface area contributed by atoms with Gasteiger partial charge in [-0.25, -0.2) is 0 Å². The van der Waals surface area contributed by atoms with Crippen LogP contribution in [-0.2, 0) is 6.42 Å². The van der Waals surface area contributed by atoms with E-state index in [4.69, 9.17) is 0 Å². The first-order valence-electron chi connectivity index (χ1n) is 7.52. The van der Waals surface area contributed by atoms with Crippen molar-refractivity contribution in [2.45, 2.75) is 32.2 Å². The molecule has 4 nitrogen and oxygen atoms in total. The molecule has 0 spiro atoms. The van der Waals surface area contributed by atoms with Crippen molar-refractivity contribution in [2.75, 3.05) is 0 Å². The molecule has 1 aliphatic rings. The van der Waals surface area contributed by atoms with E-state index >= 15 is 0 Å². The topological polar surface area (TPSA) is 58.5 Å². The molecule has 1 unspecified atom stereocenters. The van der Waals surface area contributed by atoms with E-state index in [1.807, 2.05) is 12.1 Å². The zero-order chi connectivity index (χ0) is 15.5. The summed E-state index contributed by atoms with van der Waals surface area (Å²) in [5, 5.41) is 6.07. The molecule has 1 amide bonds. The van der Waals surface area contributed by atoms with E-state index in [9.17, 15) is 9.70 Å². The summed E-state index contributed by atoms with van der Waals surface area (Å²) < 4.78 is 0. The second kappa shape index (κ2) is 6.10. The van der Waals surface area contributed by atoms with Gasteiger partial charge in [0.25, 0.3) is 5.91 Å². The molecule has 0 saturated heterocycles. The van der Waals surface area contributed by atoms with Crippen molar-refractivity contribution < 1.29 is 4.79 Å². The van der Waals surface area contributed by atoms with Gasteiger partial charge in [-0.2, -0.15) is 0 Å². The fourth-order valence-corrected chi connectivity index (χ4v) is 3.10. The molecule has 1 atom stereocenters. The third kappa shape index (κ3) is 2.64. The predicted molar refractivity (Wildman–Crippen MR) is 86.2 cm³/mol. The largest absolute Gasteiger partial charge is 0.345 e. The predicted octanol–water partition coefficient (Wildman–Crippen LogP) is 4.20. The van der Waals surface area contributed by atoms with Crippen molar-refractivity contribution in [3.05, 3.63) is 69.6 Å². The van der Waals surface area contributed by atoms with E-state index < -0.39 is 0 Å². The van der Waals surface area contributed by atoms with Crippen LogP contribution in [0.1, 0.15) is 45.9 Å². The van der Waals surface area contributed by atoms with Gasteiger partial charge < -0.3 is 5.32 Å². The number of nitroso groups, excluding NO2 is 1. The number of hydrogen-bond acceptors (Lipinski definition) is 3. The van der Waals surface area contributed by atoms with Gasteiger partial charge in [0, 0.05) is 0 Å². The van der Waals surface area contributed by atoms with Crippen molar-refractivity contribution in [1.29, 1.82) is 0 Å². The van der Waals surface area contributed by atoms with E-state index in [0.29, 0.717) is 11.1 Å². The number of nitrogens with one attached hydrogen (secondary N) is 1. The molecule has 3 rings (SSSR count). The number of hydrogen-bond donors (Lipinski definition) is 1. The van der Waals surface area contributed by atoms with Gasteiger partial charge >= 0.3 is 0 Å². The average molecular weight is 294 g/mol. The molecule has 2 aromatic rings. The van der Waals surface area contributed by atoms with Crippen LogP contribution in [0.15, 0.2) is 47.6 Å². The van der Waals surface area contributed by atoms with E-state index in [0.717, 1.165) is 19.3 Å². The van der Waals surface area contributed by atoms with Crippen LogP contribution in [-0.4, -0.2) is 5.91 Å². The summed E-state index contributed by atoms with van der Waals surface area (Å²) in [5.74, 6) is -0.236. The monoisotopic (exact) mass is 294 g/mol. The summed E-state index contributed by atoms with van der Waals surface area (Å²) in [6.45, 7) is 1.78. The normalized spacial score (nSPS) is 16.7. The Morgan fingerprint density at radius 1 is 1.18 bits per heavy atom. The molecule has 112 valence electrons. The van der Waals surface area contributed by atoms with Crippen LogP contribution in [0.4, 0.5) is 5.69 Å². The van der Waals surface area contributed by atoms with Crippen molar-refractivity contribution >= 4 is 11.6 Å². The number of carbonyl (C=O) groups is 1. The van der Waals surface area contributed by atoms with E-state index in [1.54, 1.807) is 25.1 Å². The van der Waals surface area contributed by atoms with Gasteiger partial charge in [-0.05, 0) is 54.1 Å². The Labute approximate surface area is 129 Å². The Morgan fingerprint density at radius 3 is 2.82 bits per heavy atom. The van der Waals surface area contributed by atoms with Crippen LogP contribution in [0.3, 0.4) is 0 Å². The molecule has 0 radical (unpaired) electrons. The minimum Gasteiger partial charge on any atom is -0.345 e. The Morgan fingerprint density at radius 2 is 2.00 bits per heavy atom. The molecule has 1 N–H and O–H groups in total. The smallest absolute Gasteiger partial charge is 0.254 e.